The van der Waals surface area contributed by atoms with Crippen LogP contribution in [0.4, 0.5) is 0 Å². The van der Waals surface area contributed by atoms with E-state index < -0.39 is 17.7 Å². The maximum atomic E-state index is 13.4. The quantitative estimate of drug-likeness (QED) is 0.256. The number of thiophene rings is 1. The van der Waals surface area contributed by atoms with E-state index in [1.165, 1.54) is 16.2 Å². The van der Waals surface area contributed by atoms with E-state index in [1.807, 2.05) is 62.5 Å². The summed E-state index contributed by atoms with van der Waals surface area (Å²) in [7, 11) is 3.18. The molecule has 1 aromatic heterocycles. The van der Waals surface area contributed by atoms with E-state index in [4.69, 9.17) is 9.47 Å². The lowest BCUT2D eigenvalue weighted by molar-refractivity contribution is -0.140. The molecule has 0 radical (unpaired) electrons. The number of aliphatic hydroxyl groups is 1. The second-order valence-corrected chi connectivity index (χ2v) is 9.88. The van der Waals surface area contributed by atoms with Crippen LogP contribution in [0.3, 0.4) is 0 Å². The predicted octanol–water partition coefficient (Wildman–Crippen LogP) is 5.82. The number of hydrogen-bond donors (Lipinski definition) is 1. The van der Waals surface area contributed by atoms with E-state index in [0.29, 0.717) is 16.9 Å². The first kappa shape index (κ1) is 24.5. The number of Topliss-reactive ketones (excluding diaryl/α,β-unsaturated/α-hetero) is 1. The second kappa shape index (κ2) is 9.96. The van der Waals surface area contributed by atoms with Gasteiger partial charge in [0.05, 0.1) is 32.4 Å². The Morgan fingerprint density at radius 3 is 2.49 bits per heavy atom. The lowest BCUT2D eigenvalue weighted by Crippen LogP contribution is -2.28. The third kappa shape index (κ3) is 4.56. The van der Waals surface area contributed by atoms with E-state index in [0.717, 1.165) is 21.8 Å². The summed E-state index contributed by atoms with van der Waals surface area (Å²) in [4.78, 5) is 29.1. The summed E-state index contributed by atoms with van der Waals surface area (Å²) in [5, 5.41) is 13.5. The van der Waals surface area contributed by atoms with Crippen molar-refractivity contribution in [1.82, 2.24) is 4.90 Å². The number of amides is 1. The Hall–Kier alpha value is -3.58. The number of benzene rings is 2. The van der Waals surface area contributed by atoms with Gasteiger partial charge in [-0.1, -0.05) is 32.0 Å². The van der Waals surface area contributed by atoms with Crippen molar-refractivity contribution in [3.05, 3.63) is 86.6 Å². The Balaban J connectivity index is 1.93. The zero-order valence-corrected chi connectivity index (χ0v) is 21.3. The first-order valence-electron chi connectivity index (χ1n) is 11.4. The highest BCUT2D eigenvalue weighted by Gasteiger charge is 2.46. The molecule has 182 valence electrons. The van der Waals surface area contributed by atoms with Crippen LogP contribution in [0, 0.1) is 6.92 Å². The summed E-state index contributed by atoms with van der Waals surface area (Å²) >= 11 is 1.51. The minimum atomic E-state index is -0.754. The standard InChI is InChI=1S/C28H29NO5S/c1-16(2)21-14-22(17(3)12-23(21)34-5)26(30)24-25(18-8-6-9-19(13-18)33-4)29(28(32)27(24)31)15-20-10-7-11-35-20/h6-14,16,25,30H,15H2,1-5H3/b26-24+. The molecule has 1 saturated heterocycles. The largest absolute Gasteiger partial charge is 0.507 e. The van der Waals surface area contributed by atoms with Gasteiger partial charge >= 0.3 is 0 Å². The van der Waals surface area contributed by atoms with E-state index >= 15 is 0 Å². The van der Waals surface area contributed by atoms with E-state index in [2.05, 4.69) is 0 Å². The number of ether oxygens (including phenoxy) is 2. The summed E-state index contributed by atoms with van der Waals surface area (Å²) in [5.41, 5.74) is 2.93. The zero-order valence-electron chi connectivity index (χ0n) is 20.5. The van der Waals surface area contributed by atoms with E-state index in [1.54, 1.807) is 26.4 Å². The fourth-order valence-corrected chi connectivity index (χ4v) is 5.20. The Labute approximate surface area is 209 Å². The number of ketones is 1. The van der Waals surface area contributed by atoms with Gasteiger partial charge in [0.15, 0.2) is 0 Å². The van der Waals surface area contributed by atoms with Crippen molar-refractivity contribution < 1.29 is 24.2 Å². The van der Waals surface area contributed by atoms with Gasteiger partial charge in [0.1, 0.15) is 17.3 Å². The van der Waals surface area contributed by atoms with Crippen LogP contribution in [0.2, 0.25) is 0 Å². The highest BCUT2D eigenvalue weighted by Crippen LogP contribution is 2.42. The highest BCUT2D eigenvalue weighted by atomic mass is 32.1. The molecule has 0 bridgehead atoms. The maximum Gasteiger partial charge on any atom is 0.295 e. The SMILES string of the molecule is COc1cccc(C2/C(=C(\O)c3cc(C(C)C)c(OC)cc3C)C(=O)C(=O)N2Cc2cccs2)c1. The third-order valence-corrected chi connectivity index (χ3v) is 7.17. The molecule has 3 aromatic rings. The molecule has 0 spiro atoms. The number of aryl methyl sites for hydroxylation is 1. The Bertz CT molecular complexity index is 1290. The van der Waals surface area contributed by atoms with Crippen molar-refractivity contribution in [2.45, 2.75) is 39.3 Å². The molecule has 1 unspecified atom stereocenters. The molecule has 1 atom stereocenters. The van der Waals surface area contributed by atoms with Crippen molar-refractivity contribution in [3.63, 3.8) is 0 Å². The van der Waals surface area contributed by atoms with Crippen LogP contribution < -0.4 is 9.47 Å². The van der Waals surface area contributed by atoms with E-state index in [9.17, 15) is 14.7 Å². The number of hydrogen-bond acceptors (Lipinski definition) is 6. The monoisotopic (exact) mass is 491 g/mol. The summed E-state index contributed by atoms with van der Waals surface area (Å²) in [5.74, 6) is -0.0703. The fourth-order valence-electron chi connectivity index (χ4n) is 4.50. The van der Waals surface area contributed by atoms with Crippen LogP contribution >= 0.6 is 11.3 Å². The Morgan fingerprint density at radius 2 is 1.86 bits per heavy atom. The highest BCUT2D eigenvalue weighted by molar-refractivity contribution is 7.09. The molecule has 1 N–H and O–H groups in total. The molecule has 7 heteroatoms. The van der Waals surface area contributed by atoms with Crippen LogP contribution in [0.15, 0.2) is 59.5 Å². The summed E-state index contributed by atoms with van der Waals surface area (Å²) in [6.07, 6.45) is 0. The average Bonchev–Trinajstić information content (AvgIpc) is 3.45. The molecule has 1 amide bonds. The van der Waals surface area contributed by atoms with Gasteiger partial charge in [-0.05, 0) is 65.2 Å². The number of methoxy groups -OCH3 is 2. The number of aliphatic hydroxyl groups excluding tert-OH is 1. The summed E-state index contributed by atoms with van der Waals surface area (Å²) in [6.45, 7) is 6.18. The van der Waals surface area contributed by atoms with Gasteiger partial charge in [0.2, 0.25) is 0 Å². The molecule has 0 saturated carbocycles. The molecular weight excluding hydrogens is 462 g/mol. The van der Waals surface area contributed by atoms with Gasteiger partial charge in [-0.15, -0.1) is 11.3 Å². The van der Waals surface area contributed by atoms with Gasteiger partial charge in [-0.2, -0.15) is 0 Å². The number of carbonyl (C=O) groups excluding carboxylic acids is 2. The van der Waals surface area contributed by atoms with Crippen LogP contribution in [-0.4, -0.2) is 35.9 Å². The van der Waals surface area contributed by atoms with Gasteiger partial charge in [-0.25, -0.2) is 0 Å². The molecule has 1 aliphatic heterocycles. The lowest BCUT2D eigenvalue weighted by atomic mass is 9.91. The van der Waals surface area contributed by atoms with Crippen LogP contribution in [0.5, 0.6) is 11.5 Å². The molecule has 1 aliphatic rings. The minimum absolute atomic E-state index is 0.0720. The zero-order chi connectivity index (χ0) is 25.3. The van der Waals surface area contributed by atoms with Crippen molar-refractivity contribution in [1.29, 1.82) is 0 Å². The van der Waals surface area contributed by atoms with Crippen molar-refractivity contribution in [3.8, 4) is 11.5 Å². The average molecular weight is 492 g/mol. The molecule has 2 aromatic carbocycles. The smallest absolute Gasteiger partial charge is 0.295 e. The van der Waals surface area contributed by atoms with Crippen molar-refractivity contribution >= 4 is 28.8 Å². The number of nitrogens with zero attached hydrogens (tertiary/aromatic N) is 1. The topological polar surface area (TPSA) is 76.1 Å². The first-order valence-corrected chi connectivity index (χ1v) is 12.3. The van der Waals surface area contributed by atoms with Gasteiger partial charge < -0.3 is 19.5 Å². The fraction of sp³-hybridized carbons (Fsp3) is 0.286. The van der Waals surface area contributed by atoms with Gasteiger partial charge in [0, 0.05) is 10.4 Å². The Kier molecular flexibility index (Phi) is 6.98. The normalized spacial score (nSPS) is 17.3. The van der Waals surface area contributed by atoms with Crippen LogP contribution in [0.1, 0.15) is 52.9 Å². The minimum Gasteiger partial charge on any atom is -0.507 e. The summed E-state index contributed by atoms with van der Waals surface area (Å²) < 4.78 is 10.9. The maximum absolute atomic E-state index is 13.4. The lowest BCUT2D eigenvalue weighted by Gasteiger charge is -2.25. The summed E-state index contributed by atoms with van der Waals surface area (Å²) in [6, 6.07) is 14.0. The molecule has 6 nitrogen and oxygen atoms in total. The Morgan fingerprint density at radius 1 is 1.09 bits per heavy atom. The molecule has 35 heavy (non-hydrogen) atoms. The number of likely N-dealkylation sites (tertiary alicyclic amines) is 1. The van der Waals surface area contributed by atoms with Gasteiger partial charge in [0.25, 0.3) is 11.7 Å². The molecule has 0 aliphatic carbocycles. The number of rotatable bonds is 7. The molecular formula is C28H29NO5S. The first-order chi connectivity index (χ1) is 16.8. The van der Waals surface area contributed by atoms with E-state index in [-0.39, 0.29) is 23.8 Å². The van der Waals surface area contributed by atoms with Crippen LogP contribution in [-0.2, 0) is 16.1 Å². The van der Waals surface area contributed by atoms with Crippen LogP contribution in [0.25, 0.3) is 5.76 Å². The van der Waals surface area contributed by atoms with Crippen molar-refractivity contribution in [2.24, 2.45) is 0 Å². The molecule has 1 fully saturated rings. The third-order valence-electron chi connectivity index (χ3n) is 6.31. The number of carbonyl (C=O) groups is 2. The molecule has 2 heterocycles. The second-order valence-electron chi connectivity index (χ2n) is 8.85. The van der Waals surface area contributed by atoms with Gasteiger partial charge in [-0.3, -0.25) is 9.59 Å². The van der Waals surface area contributed by atoms with Crippen molar-refractivity contribution in [2.75, 3.05) is 14.2 Å². The molecule has 4 rings (SSSR count). The predicted molar refractivity (Wildman–Crippen MR) is 137 cm³/mol.